The van der Waals surface area contributed by atoms with Crippen molar-refractivity contribution in [1.82, 2.24) is 10.2 Å². The monoisotopic (exact) mass is 168 g/mol. The van der Waals surface area contributed by atoms with E-state index in [0.29, 0.717) is 6.04 Å². The average molecular weight is 168 g/mol. The van der Waals surface area contributed by atoms with Crippen molar-refractivity contribution in [2.75, 3.05) is 26.2 Å². The molecule has 0 aromatic carbocycles. The van der Waals surface area contributed by atoms with Crippen molar-refractivity contribution in [1.29, 1.82) is 0 Å². The molecule has 1 aliphatic heterocycles. The first-order valence-corrected chi connectivity index (χ1v) is 4.90. The van der Waals surface area contributed by atoms with Gasteiger partial charge < -0.3 is 5.32 Å². The fraction of sp³-hybridized carbons (Fsp3) is 0.800. The quantitative estimate of drug-likeness (QED) is 0.502. The third-order valence-corrected chi connectivity index (χ3v) is 2.49. The predicted octanol–water partition coefficient (Wildman–Crippen LogP) is 1.25. The fourth-order valence-corrected chi connectivity index (χ4v) is 1.65. The Balaban J connectivity index is 2.15. The molecule has 12 heavy (non-hydrogen) atoms. The summed E-state index contributed by atoms with van der Waals surface area (Å²) in [6.07, 6.45) is 4.41. The van der Waals surface area contributed by atoms with Crippen molar-refractivity contribution in [3.63, 3.8) is 0 Å². The van der Waals surface area contributed by atoms with E-state index in [2.05, 4.69) is 23.7 Å². The number of hydrogen-bond donors (Lipinski definition) is 1. The van der Waals surface area contributed by atoms with Crippen LogP contribution < -0.4 is 5.32 Å². The standard InChI is InChI=1S/C10H20N2/c1-3-4-5-7-12-8-6-11-9-10(12)2/h3,10-11H,1,4-9H2,2H3/t10-/m0/s1. The van der Waals surface area contributed by atoms with Gasteiger partial charge in [-0.05, 0) is 26.3 Å². The third-order valence-electron chi connectivity index (χ3n) is 2.49. The minimum Gasteiger partial charge on any atom is -0.314 e. The molecule has 0 aliphatic carbocycles. The maximum Gasteiger partial charge on any atom is 0.0192 e. The normalized spacial score (nSPS) is 25.6. The fourth-order valence-electron chi connectivity index (χ4n) is 1.65. The van der Waals surface area contributed by atoms with E-state index in [1.165, 1.54) is 19.5 Å². The highest BCUT2D eigenvalue weighted by atomic mass is 15.2. The second kappa shape index (κ2) is 5.33. The highest BCUT2D eigenvalue weighted by Gasteiger charge is 2.16. The first-order chi connectivity index (χ1) is 5.84. The van der Waals surface area contributed by atoms with E-state index in [1.54, 1.807) is 0 Å². The van der Waals surface area contributed by atoms with E-state index in [4.69, 9.17) is 0 Å². The van der Waals surface area contributed by atoms with E-state index >= 15 is 0 Å². The molecular formula is C10H20N2. The molecule has 1 N–H and O–H groups in total. The molecule has 1 aliphatic rings. The van der Waals surface area contributed by atoms with Gasteiger partial charge in [0.1, 0.15) is 0 Å². The molecule has 70 valence electrons. The number of nitrogens with zero attached hydrogens (tertiary/aromatic N) is 1. The van der Waals surface area contributed by atoms with Crippen molar-refractivity contribution in [3.8, 4) is 0 Å². The third kappa shape index (κ3) is 2.95. The molecule has 0 bridgehead atoms. The van der Waals surface area contributed by atoms with Crippen LogP contribution in [0.15, 0.2) is 12.7 Å². The van der Waals surface area contributed by atoms with E-state index in [1.807, 2.05) is 6.08 Å². The maximum atomic E-state index is 3.73. The SMILES string of the molecule is C=CCCCN1CCNC[C@@H]1C. The number of unbranched alkanes of at least 4 members (excludes halogenated alkanes) is 1. The largest absolute Gasteiger partial charge is 0.314 e. The molecule has 0 amide bonds. The zero-order chi connectivity index (χ0) is 8.81. The first-order valence-electron chi connectivity index (χ1n) is 4.90. The summed E-state index contributed by atoms with van der Waals surface area (Å²) in [6.45, 7) is 10.8. The Bertz CT molecular complexity index is 134. The Morgan fingerprint density at radius 3 is 3.17 bits per heavy atom. The van der Waals surface area contributed by atoms with Crippen LogP contribution >= 0.6 is 0 Å². The lowest BCUT2D eigenvalue weighted by Crippen LogP contribution is -2.49. The summed E-state index contributed by atoms with van der Waals surface area (Å²) in [4.78, 5) is 2.56. The van der Waals surface area contributed by atoms with Crippen molar-refractivity contribution < 1.29 is 0 Å². The summed E-state index contributed by atoms with van der Waals surface area (Å²) in [6, 6.07) is 0.712. The molecule has 0 aromatic rings. The van der Waals surface area contributed by atoms with E-state index in [0.717, 1.165) is 19.5 Å². The Labute approximate surface area is 75.6 Å². The van der Waals surface area contributed by atoms with Crippen LogP contribution in [-0.4, -0.2) is 37.1 Å². The van der Waals surface area contributed by atoms with Crippen molar-refractivity contribution in [2.24, 2.45) is 0 Å². The summed E-state index contributed by atoms with van der Waals surface area (Å²) in [7, 11) is 0. The molecule has 0 radical (unpaired) electrons. The van der Waals surface area contributed by atoms with Gasteiger partial charge in [0.25, 0.3) is 0 Å². The second-order valence-electron chi connectivity index (χ2n) is 3.52. The van der Waals surface area contributed by atoms with Crippen LogP contribution in [0, 0.1) is 0 Å². The number of nitrogens with one attached hydrogen (secondary N) is 1. The lowest BCUT2D eigenvalue weighted by atomic mass is 10.2. The topological polar surface area (TPSA) is 15.3 Å². The van der Waals surface area contributed by atoms with Gasteiger partial charge in [-0.2, -0.15) is 0 Å². The number of piperazine rings is 1. The second-order valence-corrected chi connectivity index (χ2v) is 3.52. The van der Waals surface area contributed by atoms with Gasteiger partial charge in [-0.1, -0.05) is 6.08 Å². The molecule has 0 unspecified atom stereocenters. The first kappa shape index (κ1) is 9.75. The average Bonchev–Trinajstić information content (AvgIpc) is 2.09. The molecule has 0 aromatic heterocycles. The summed E-state index contributed by atoms with van der Waals surface area (Å²) in [5, 5.41) is 3.39. The lowest BCUT2D eigenvalue weighted by molar-refractivity contribution is 0.172. The highest BCUT2D eigenvalue weighted by molar-refractivity contribution is 4.76. The van der Waals surface area contributed by atoms with E-state index in [9.17, 15) is 0 Å². The predicted molar refractivity (Wildman–Crippen MR) is 53.3 cm³/mol. The number of hydrogen-bond acceptors (Lipinski definition) is 2. The summed E-state index contributed by atoms with van der Waals surface area (Å²) < 4.78 is 0. The molecule has 1 saturated heterocycles. The molecule has 1 fully saturated rings. The maximum absolute atomic E-state index is 3.73. The Morgan fingerprint density at radius 1 is 1.67 bits per heavy atom. The summed E-state index contributed by atoms with van der Waals surface area (Å²) in [5.41, 5.74) is 0. The van der Waals surface area contributed by atoms with Crippen LogP contribution in [0.3, 0.4) is 0 Å². The highest BCUT2D eigenvalue weighted by Crippen LogP contribution is 2.04. The summed E-state index contributed by atoms with van der Waals surface area (Å²) in [5.74, 6) is 0. The number of allylic oxidation sites excluding steroid dienone is 1. The lowest BCUT2D eigenvalue weighted by Gasteiger charge is -2.33. The van der Waals surface area contributed by atoms with Gasteiger partial charge in [0.2, 0.25) is 0 Å². The molecule has 2 heteroatoms. The van der Waals surface area contributed by atoms with Crippen LogP contribution in [0.5, 0.6) is 0 Å². The van der Waals surface area contributed by atoms with Crippen molar-refractivity contribution in [2.45, 2.75) is 25.8 Å². The molecular weight excluding hydrogens is 148 g/mol. The van der Waals surface area contributed by atoms with Crippen LogP contribution in [0.25, 0.3) is 0 Å². The van der Waals surface area contributed by atoms with Gasteiger partial charge in [-0.15, -0.1) is 6.58 Å². The Hall–Kier alpha value is -0.340. The van der Waals surface area contributed by atoms with Crippen molar-refractivity contribution >= 4 is 0 Å². The van der Waals surface area contributed by atoms with Gasteiger partial charge in [0.05, 0.1) is 0 Å². The van der Waals surface area contributed by atoms with Gasteiger partial charge in [0.15, 0.2) is 0 Å². The van der Waals surface area contributed by atoms with Crippen molar-refractivity contribution in [3.05, 3.63) is 12.7 Å². The molecule has 0 spiro atoms. The van der Waals surface area contributed by atoms with E-state index in [-0.39, 0.29) is 0 Å². The van der Waals surface area contributed by atoms with Gasteiger partial charge >= 0.3 is 0 Å². The minimum atomic E-state index is 0.712. The molecule has 1 rings (SSSR count). The van der Waals surface area contributed by atoms with Gasteiger partial charge in [-0.3, -0.25) is 4.90 Å². The zero-order valence-corrected chi connectivity index (χ0v) is 8.05. The van der Waals surface area contributed by atoms with Crippen LogP contribution in [0.2, 0.25) is 0 Å². The molecule has 2 nitrogen and oxygen atoms in total. The molecule has 0 saturated carbocycles. The van der Waals surface area contributed by atoms with Gasteiger partial charge in [0, 0.05) is 25.7 Å². The van der Waals surface area contributed by atoms with Crippen LogP contribution in [-0.2, 0) is 0 Å². The summed E-state index contributed by atoms with van der Waals surface area (Å²) >= 11 is 0. The van der Waals surface area contributed by atoms with Crippen LogP contribution in [0.1, 0.15) is 19.8 Å². The minimum absolute atomic E-state index is 0.712. The smallest absolute Gasteiger partial charge is 0.0192 e. The van der Waals surface area contributed by atoms with E-state index < -0.39 is 0 Å². The Kier molecular flexibility index (Phi) is 4.33. The Morgan fingerprint density at radius 2 is 2.50 bits per heavy atom. The zero-order valence-electron chi connectivity index (χ0n) is 8.05. The van der Waals surface area contributed by atoms with Crippen LogP contribution in [0.4, 0.5) is 0 Å². The number of rotatable bonds is 4. The molecule has 1 atom stereocenters. The molecule has 1 heterocycles. The van der Waals surface area contributed by atoms with Gasteiger partial charge in [-0.25, -0.2) is 0 Å².